The number of rotatable bonds is 6. The van der Waals surface area contributed by atoms with Crippen molar-refractivity contribution >= 4 is 23.4 Å². The molecule has 5 rings (SSSR count). The molecule has 0 bridgehead atoms. The van der Waals surface area contributed by atoms with Crippen LogP contribution < -0.4 is 9.75 Å². The van der Waals surface area contributed by atoms with Crippen molar-refractivity contribution in [1.29, 1.82) is 0 Å². The van der Waals surface area contributed by atoms with Crippen LogP contribution in [-0.4, -0.2) is 28.0 Å². The van der Waals surface area contributed by atoms with Crippen molar-refractivity contribution in [3.8, 4) is 22.7 Å². The Bertz CT molecular complexity index is 1440. The minimum atomic E-state index is -0.157. The highest BCUT2D eigenvalue weighted by Crippen LogP contribution is 2.31. The summed E-state index contributed by atoms with van der Waals surface area (Å²) in [6, 6.07) is 25.4. The molecule has 0 fully saturated rings. The minimum absolute atomic E-state index is 0.157. The second kappa shape index (κ2) is 9.43. The number of aromatic nitrogens is 2. The van der Waals surface area contributed by atoms with Gasteiger partial charge in [0.1, 0.15) is 5.75 Å². The quantitative estimate of drug-likeness (QED) is 0.328. The molecule has 0 atom stereocenters. The third-order valence-electron chi connectivity index (χ3n) is 5.87. The normalized spacial score (nSPS) is 14.5. The van der Waals surface area contributed by atoms with Crippen LogP contribution in [0.5, 0.6) is 5.75 Å². The molecule has 4 aromatic rings. The van der Waals surface area contributed by atoms with Gasteiger partial charge in [0.05, 0.1) is 35.0 Å². The Morgan fingerprint density at radius 1 is 0.914 bits per heavy atom. The third kappa shape index (κ3) is 4.38. The molecule has 0 aliphatic carbocycles. The van der Waals surface area contributed by atoms with Crippen LogP contribution in [0.1, 0.15) is 25.0 Å². The van der Waals surface area contributed by atoms with Crippen LogP contribution in [0.2, 0.25) is 0 Å². The first-order valence-electron chi connectivity index (χ1n) is 11.6. The molecule has 2 heterocycles. The highest BCUT2D eigenvalue weighted by molar-refractivity contribution is 6.32. The topological polar surface area (TPSA) is 59.7 Å². The summed E-state index contributed by atoms with van der Waals surface area (Å²) in [4.78, 5) is 13.3. The molecule has 0 saturated heterocycles. The lowest BCUT2D eigenvalue weighted by Gasteiger charge is -2.11. The van der Waals surface area contributed by atoms with Crippen molar-refractivity contribution in [3.05, 3.63) is 102 Å². The maximum atomic E-state index is 13.3. The van der Waals surface area contributed by atoms with Gasteiger partial charge in [-0.25, -0.2) is 4.68 Å². The Kier molecular flexibility index (Phi) is 6.02. The highest BCUT2D eigenvalue weighted by atomic mass is 16.5. The summed E-state index contributed by atoms with van der Waals surface area (Å²) in [6.45, 7) is 6.46. The van der Waals surface area contributed by atoms with E-state index in [1.807, 2.05) is 111 Å². The number of hydrogen-bond donors (Lipinski definition) is 0. The lowest BCUT2D eigenvalue weighted by molar-refractivity contribution is -0.114. The van der Waals surface area contributed by atoms with E-state index in [2.05, 4.69) is 11.2 Å². The standard InChI is InChI=1S/C29H26N4O2/c1-4-35-27-16-15-22(17-20(27)2)28-23(19-32(31-28)24-11-7-5-8-12-24)18-26-21(3)30-33(29(26)34)25-13-9-6-10-14-25/h5-19H,4H2,1-3H3. The SMILES string of the molecule is CCOc1ccc(-c2nn(-c3ccccc3)cc2C=C2C(=O)N(c3ccccc3)N=C2C)cc1C. The number of hydrazone groups is 1. The van der Waals surface area contributed by atoms with Gasteiger partial charge < -0.3 is 4.74 Å². The van der Waals surface area contributed by atoms with Gasteiger partial charge in [-0.05, 0) is 74.9 Å². The Labute approximate surface area is 204 Å². The zero-order valence-corrected chi connectivity index (χ0v) is 20.0. The van der Waals surface area contributed by atoms with E-state index in [0.717, 1.165) is 39.5 Å². The highest BCUT2D eigenvalue weighted by Gasteiger charge is 2.29. The zero-order chi connectivity index (χ0) is 24.4. The van der Waals surface area contributed by atoms with Crippen molar-refractivity contribution in [2.75, 3.05) is 11.6 Å². The van der Waals surface area contributed by atoms with E-state index in [9.17, 15) is 4.79 Å². The van der Waals surface area contributed by atoms with E-state index in [-0.39, 0.29) is 5.91 Å². The summed E-state index contributed by atoms with van der Waals surface area (Å²) in [7, 11) is 0. The maximum Gasteiger partial charge on any atom is 0.280 e. The van der Waals surface area contributed by atoms with Crippen LogP contribution in [0.15, 0.2) is 95.7 Å². The largest absolute Gasteiger partial charge is 0.494 e. The molecule has 3 aromatic carbocycles. The van der Waals surface area contributed by atoms with Gasteiger partial charge in [-0.2, -0.15) is 15.2 Å². The summed E-state index contributed by atoms with van der Waals surface area (Å²) < 4.78 is 7.56. The molecule has 1 aromatic heterocycles. The first kappa shape index (κ1) is 22.3. The van der Waals surface area contributed by atoms with Crippen molar-refractivity contribution in [3.63, 3.8) is 0 Å². The second-order valence-electron chi connectivity index (χ2n) is 8.32. The number of para-hydroxylation sites is 2. The molecule has 0 spiro atoms. The Hall–Kier alpha value is -4.45. The van der Waals surface area contributed by atoms with Gasteiger partial charge in [-0.15, -0.1) is 0 Å². The van der Waals surface area contributed by atoms with Crippen molar-refractivity contribution in [2.24, 2.45) is 5.10 Å². The predicted octanol–water partition coefficient (Wildman–Crippen LogP) is 6.05. The van der Waals surface area contributed by atoms with E-state index in [1.165, 1.54) is 5.01 Å². The van der Waals surface area contributed by atoms with Crippen LogP contribution in [0.4, 0.5) is 5.69 Å². The van der Waals surface area contributed by atoms with Crippen LogP contribution in [0.25, 0.3) is 23.0 Å². The van der Waals surface area contributed by atoms with Crippen molar-refractivity contribution in [1.82, 2.24) is 9.78 Å². The number of ether oxygens (including phenoxy) is 1. The van der Waals surface area contributed by atoms with Crippen LogP contribution in [-0.2, 0) is 4.79 Å². The van der Waals surface area contributed by atoms with E-state index in [0.29, 0.717) is 17.9 Å². The fourth-order valence-corrected chi connectivity index (χ4v) is 4.13. The summed E-state index contributed by atoms with van der Waals surface area (Å²) in [5.41, 5.74) is 6.49. The van der Waals surface area contributed by atoms with Crippen molar-refractivity contribution in [2.45, 2.75) is 20.8 Å². The minimum Gasteiger partial charge on any atom is -0.494 e. The first-order valence-corrected chi connectivity index (χ1v) is 11.6. The van der Waals surface area contributed by atoms with Crippen LogP contribution in [0.3, 0.4) is 0 Å². The van der Waals surface area contributed by atoms with Gasteiger partial charge >= 0.3 is 0 Å². The molecule has 0 N–H and O–H groups in total. The van der Waals surface area contributed by atoms with Crippen LogP contribution >= 0.6 is 0 Å². The van der Waals surface area contributed by atoms with Crippen LogP contribution in [0, 0.1) is 6.92 Å². The summed E-state index contributed by atoms with van der Waals surface area (Å²) >= 11 is 0. The molecular formula is C29H26N4O2. The number of aryl methyl sites for hydroxylation is 1. The molecule has 1 amide bonds. The lowest BCUT2D eigenvalue weighted by atomic mass is 10.0. The monoisotopic (exact) mass is 462 g/mol. The van der Waals surface area contributed by atoms with E-state index in [4.69, 9.17) is 9.84 Å². The second-order valence-corrected chi connectivity index (χ2v) is 8.32. The van der Waals surface area contributed by atoms with E-state index in [1.54, 1.807) is 0 Å². The van der Waals surface area contributed by atoms with Crippen molar-refractivity contribution < 1.29 is 9.53 Å². The molecule has 6 heteroatoms. The Morgan fingerprint density at radius 2 is 1.60 bits per heavy atom. The Morgan fingerprint density at radius 3 is 2.26 bits per heavy atom. The zero-order valence-electron chi connectivity index (χ0n) is 20.0. The molecule has 35 heavy (non-hydrogen) atoms. The average molecular weight is 463 g/mol. The molecule has 0 saturated carbocycles. The molecular weight excluding hydrogens is 436 g/mol. The Balaban J connectivity index is 1.60. The number of anilines is 1. The third-order valence-corrected chi connectivity index (χ3v) is 5.87. The maximum absolute atomic E-state index is 13.3. The molecule has 0 unspecified atom stereocenters. The number of carbonyl (C=O) groups excluding carboxylic acids is 1. The number of nitrogens with zero attached hydrogens (tertiary/aromatic N) is 4. The predicted molar refractivity (Wildman–Crippen MR) is 140 cm³/mol. The van der Waals surface area contributed by atoms with Gasteiger partial charge in [0.25, 0.3) is 5.91 Å². The molecule has 1 aliphatic rings. The number of carbonyl (C=O) groups is 1. The number of hydrogen-bond acceptors (Lipinski definition) is 4. The number of amides is 1. The van der Waals surface area contributed by atoms with Gasteiger partial charge in [0.2, 0.25) is 0 Å². The fourth-order valence-electron chi connectivity index (χ4n) is 4.13. The average Bonchev–Trinajstić information content (AvgIpc) is 3.43. The van der Waals surface area contributed by atoms with Gasteiger partial charge in [-0.1, -0.05) is 36.4 Å². The molecule has 6 nitrogen and oxygen atoms in total. The number of benzene rings is 3. The first-order chi connectivity index (χ1) is 17.0. The van der Waals surface area contributed by atoms with Gasteiger partial charge in [0.15, 0.2) is 0 Å². The van der Waals surface area contributed by atoms with E-state index < -0.39 is 0 Å². The van der Waals surface area contributed by atoms with Gasteiger partial charge in [0, 0.05) is 17.3 Å². The van der Waals surface area contributed by atoms with Gasteiger partial charge in [-0.3, -0.25) is 4.79 Å². The summed E-state index contributed by atoms with van der Waals surface area (Å²) in [6.07, 6.45) is 3.84. The fraction of sp³-hybridized carbons (Fsp3) is 0.138. The van der Waals surface area contributed by atoms with E-state index >= 15 is 0 Å². The molecule has 174 valence electrons. The molecule has 0 radical (unpaired) electrons. The smallest absolute Gasteiger partial charge is 0.280 e. The summed E-state index contributed by atoms with van der Waals surface area (Å²) in [5, 5.41) is 10.9. The molecule has 1 aliphatic heterocycles. The summed E-state index contributed by atoms with van der Waals surface area (Å²) in [5.74, 6) is 0.695. The lowest BCUT2D eigenvalue weighted by Crippen LogP contribution is -2.21.